The predicted octanol–water partition coefficient (Wildman–Crippen LogP) is 1.11. The Hall–Kier alpha value is -1.20. The molecular weight excluding hydrogens is 240 g/mol. The van der Waals surface area contributed by atoms with Gasteiger partial charge in [-0.15, -0.1) is 0 Å². The van der Waals surface area contributed by atoms with Gasteiger partial charge in [-0.05, 0) is 12.0 Å². The van der Waals surface area contributed by atoms with Gasteiger partial charge in [-0.3, -0.25) is 4.79 Å². The summed E-state index contributed by atoms with van der Waals surface area (Å²) in [5.41, 5.74) is 0.539. The topological polar surface area (TPSA) is 71.4 Å². The highest BCUT2D eigenvalue weighted by atomic mass is 32.2. The molecule has 0 heterocycles. The van der Waals surface area contributed by atoms with E-state index >= 15 is 0 Å². The summed E-state index contributed by atoms with van der Waals surface area (Å²) in [5, 5.41) is 9.72. The molecular formula is C12H16O4S. The van der Waals surface area contributed by atoms with Gasteiger partial charge in [0.2, 0.25) is 0 Å². The van der Waals surface area contributed by atoms with Crippen LogP contribution in [0.1, 0.15) is 24.5 Å². The number of sulfone groups is 1. The molecule has 1 aromatic rings. The zero-order valence-corrected chi connectivity index (χ0v) is 10.5. The number of aliphatic hydroxyl groups excluding tert-OH is 1. The predicted molar refractivity (Wildman–Crippen MR) is 65.4 cm³/mol. The van der Waals surface area contributed by atoms with Crippen molar-refractivity contribution in [2.75, 3.05) is 12.0 Å². The summed E-state index contributed by atoms with van der Waals surface area (Å²) in [6.45, 7) is 0. The van der Waals surface area contributed by atoms with Crippen molar-refractivity contribution in [1.29, 1.82) is 0 Å². The molecule has 0 bridgehead atoms. The quantitative estimate of drug-likeness (QED) is 0.827. The lowest BCUT2D eigenvalue weighted by Crippen LogP contribution is -2.13. The fourth-order valence-electron chi connectivity index (χ4n) is 1.47. The highest BCUT2D eigenvalue weighted by Gasteiger charge is 2.17. The normalized spacial score (nSPS) is 13.3. The third-order valence-corrected chi connectivity index (χ3v) is 3.39. The second kappa shape index (κ2) is 5.93. The highest BCUT2D eigenvalue weighted by molar-refractivity contribution is 7.90. The Bertz CT molecular complexity index is 465. The van der Waals surface area contributed by atoms with E-state index in [1.54, 1.807) is 30.3 Å². The fraction of sp³-hybridized carbons (Fsp3) is 0.417. The van der Waals surface area contributed by atoms with E-state index in [2.05, 4.69) is 0 Å². The van der Waals surface area contributed by atoms with Gasteiger partial charge in [0.15, 0.2) is 5.78 Å². The number of hydrogen-bond donors (Lipinski definition) is 1. The molecule has 0 aliphatic rings. The van der Waals surface area contributed by atoms with Crippen molar-refractivity contribution in [2.45, 2.75) is 18.9 Å². The van der Waals surface area contributed by atoms with Crippen molar-refractivity contribution in [2.24, 2.45) is 0 Å². The van der Waals surface area contributed by atoms with Crippen LogP contribution in [0.25, 0.3) is 0 Å². The van der Waals surface area contributed by atoms with Crippen molar-refractivity contribution in [3.05, 3.63) is 35.9 Å². The van der Waals surface area contributed by atoms with Gasteiger partial charge in [-0.25, -0.2) is 8.42 Å². The summed E-state index contributed by atoms with van der Waals surface area (Å²) in [7, 11) is -3.04. The minimum Gasteiger partial charge on any atom is -0.381 e. The Labute approximate surface area is 101 Å². The van der Waals surface area contributed by atoms with Crippen LogP contribution in [0.4, 0.5) is 0 Å². The first kappa shape index (κ1) is 13.9. The summed E-state index contributed by atoms with van der Waals surface area (Å²) in [4.78, 5) is 11.6. The number of carbonyl (C=O) groups is 1. The molecule has 5 heteroatoms. The second-order valence-electron chi connectivity index (χ2n) is 4.01. The molecule has 0 spiro atoms. The van der Waals surface area contributed by atoms with Gasteiger partial charge >= 0.3 is 0 Å². The van der Waals surface area contributed by atoms with Gasteiger partial charge < -0.3 is 5.11 Å². The fourth-order valence-corrected chi connectivity index (χ4v) is 2.14. The van der Waals surface area contributed by atoms with Crippen LogP contribution in [0.3, 0.4) is 0 Å². The van der Waals surface area contributed by atoms with Crippen LogP contribution in [0.5, 0.6) is 0 Å². The number of Topliss-reactive ketones (excluding diaryl/α,β-unsaturated/α-hetero) is 1. The van der Waals surface area contributed by atoms with E-state index in [0.29, 0.717) is 5.56 Å². The van der Waals surface area contributed by atoms with Crippen molar-refractivity contribution in [3.63, 3.8) is 0 Å². The minimum atomic E-state index is -3.04. The number of ketones is 1. The van der Waals surface area contributed by atoms with Gasteiger partial charge in [0.1, 0.15) is 15.9 Å². The second-order valence-corrected chi connectivity index (χ2v) is 6.27. The van der Waals surface area contributed by atoms with Crippen LogP contribution >= 0.6 is 0 Å². The van der Waals surface area contributed by atoms with E-state index in [1.807, 2.05) is 0 Å². The number of rotatable bonds is 6. The van der Waals surface area contributed by atoms with Crippen molar-refractivity contribution < 1.29 is 18.3 Å². The minimum absolute atomic E-state index is 0.0275. The molecule has 0 aliphatic carbocycles. The molecule has 0 radical (unpaired) electrons. The number of carbonyl (C=O) groups excluding carboxylic acids is 1. The molecule has 0 aromatic heterocycles. The SMILES string of the molecule is CS(=O)(=O)CCCC(=O)C(O)c1ccccc1. The number of aliphatic hydroxyl groups is 1. The maximum Gasteiger partial charge on any atom is 0.165 e. The molecule has 1 rings (SSSR count). The monoisotopic (exact) mass is 256 g/mol. The average Bonchev–Trinajstić information content (AvgIpc) is 2.27. The Morgan fingerprint density at radius 2 is 1.88 bits per heavy atom. The zero-order valence-electron chi connectivity index (χ0n) is 9.67. The molecule has 4 nitrogen and oxygen atoms in total. The third kappa shape index (κ3) is 5.10. The molecule has 94 valence electrons. The maximum atomic E-state index is 11.6. The number of hydrogen-bond acceptors (Lipinski definition) is 4. The molecule has 0 amide bonds. The average molecular weight is 256 g/mol. The van der Waals surface area contributed by atoms with E-state index in [9.17, 15) is 18.3 Å². The Balaban J connectivity index is 2.49. The molecule has 0 fully saturated rings. The van der Waals surface area contributed by atoms with Gasteiger partial charge in [0.25, 0.3) is 0 Å². The van der Waals surface area contributed by atoms with Crippen LogP contribution in [0.15, 0.2) is 30.3 Å². The molecule has 1 aromatic carbocycles. The van der Waals surface area contributed by atoms with Crippen LogP contribution in [0, 0.1) is 0 Å². The molecule has 0 aliphatic heterocycles. The Morgan fingerprint density at radius 1 is 1.29 bits per heavy atom. The zero-order chi connectivity index (χ0) is 12.9. The van der Waals surface area contributed by atoms with E-state index in [-0.39, 0.29) is 24.4 Å². The number of benzene rings is 1. The van der Waals surface area contributed by atoms with E-state index in [4.69, 9.17) is 0 Å². The summed E-state index contributed by atoms with van der Waals surface area (Å²) in [5.74, 6) is -0.375. The molecule has 1 unspecified atom stereocenters. The lowest BCUT2D eigenvalue weighted by molar-refractivity contribution is -0.127. The smallest absolute Gasteiger partial charge is 0.165 e. The van der Waals surface area contributed by atoms with Crippen LogP contribution in [0.2, 0.25) is 0 Å². The molecule has 17 heavy (non-hydrogen) atoms. The van der Waals surface area contributed by atoms with Crippen LogP contribution in [-0.2, 0) is 14.6 Å². The first-order valence-electron chi connectivity index (χ1n) is 5.33. The Morgan fingerprint density at radius 3 is 2.41 bits per heavy atom. The highest BCUT2D eigenvalue weighted by Crippen LogP contribution is 2.15. The lowest BCUT2D eigenvalue weighted by Gasteiger charge is -2.09. The van der Waals surface area contributed by atoms with Gasteiger partial charge in [-0.2, -0.15) is 0 Å². The Kier molecular flexibility index (Phi) is 4.84. The standard InChI is InChI=1S/C12H16O4S/c1-17(15,16)9-5-8-11(13)12(14)10-6-3-2-4-7-10/h2-4,6-7,12,14H,5,8-9H2,1H3. The summed E-state index contributed by atoms with van der Waals surface area (Å²) in [6, 6.07) is 8.60. The van der Waals surface area contributed by atoms with E-state index < -0.39 is 15.9 Å². The third-order valence-electron chi connectivity index (χ3n) is 2.36. The summed E-state index contributed by atoms with van der Waals surface area (Å²) in [6.07, 6.45) is 0.297. The van der Waals surface area contributed by atoms with Crippen LogP contribution in [-0.4, -0.2) is 31.3 Å². The molecule has 1 N–H and O–H groups in total. The van der Waals surface area contributed by atoms with Crippen molar-refractivity contribution in [1.82, 2.24) is 0 Å². The van der Waals surface area contributed by atoms with Gasteiger partial charge in [0, 0.05) is 12.7 Å². The van der Waals surface area contributed by atoms with E-state index in [0.717, 1.165) is 6.26 Å². The summed E-state index contributed by atoms with van der Waals surface area (Å²) < 4.78 is 21.8. The first-order valence-corrected chi connectivity index (χ1v) is 7.39. The molecule has 1 atom stereocenters. The van der Waals surface area contributed by atoms with Crippen molar-refractivity contribution in [3.8, 4) is 0 Å². The van der Waals surface area contributed by atoms with E-state index in [1.165, 1.54) is 0 Å². The van der Waals surface area contributed by atoms with Crippen molar-refractivity contribution >= 4 is 15.6 Å². The molecule has 0 saturated carbocycles. The first-order chi connectivity index (χ1) is 7.90. The maximum absolute atomic E-state index is 11.6. The van der Waals surface area contributed by atoms with Crippen LogP contribution < -0.4 is 0 Å². The summed E-state index contributed by atoms with van der Waals surface area (Å²) >= 11 is 0. The largest absolute Gasteiger partial charge is 0.381 e. The van der Waals surface area contributed by atoms with Gasteiger partial charge in [-0.1, -0.05) is 30.3 Å². The van der Waals surface area contributed by atoms with Gasteiger partial charge in [0.05, 0.1) is 5.75 Å². The lowest BCUT2D eigenvalue weighted by atomic mass is 10.0. The molecule has 0 saturated heterocycles.